The first-order chi connectivity index (χ1) is 16.2. The zero-order chi connectivity index (χ0) is 24.3. The molecular weight excluding hydrogens is 431 g/mol. The maximum Gasteiger partial charge on any atom is 0.353 e. The zero-order valence-electron chi connectivity index (χ0n) is 22.2. The largest absolute Gasteiger partial charge is 0.396 e. The maximum absolute atomic E-state index is 13.0. The highest BCUT2D eigenvalue weighted by Gasteiger charge is 2.20. The minimum absolute atomic E-state index is 0.0490. The Morgan fingerprint density at radius 1 is 0.576 bits per heavy atom. The van der Waals surface area contributed by atoms with Crippen molar-refractivity contribution in [3.8, 4) is 0 Å². The van der Waals surface area contributed by atoms with Gasteiger partial charge in [0.1, 0.15) is 0 Å². The highest BCUT2D eigenvalue weighted by Crippen LogP contribution is 2.50. The number of aliphatic hydroxyl groups excluding tert-OH is 1. The number of hydrogen-bond acceptors (Lipinski definition) is 4. The molecule has 198 valence electrons. The molecule has 0 spiro atoms. The van der Waals surface area contributed by atoms with Crippen LogP contribution < -0.4 is 0 Å². The Morgan fingerprint density at radius 3 is 1.24 bits per heavy atom. The molecule has 0 radical (unpaired) electrons. The van der Waals surface area contributed by atoms with Gasteiger partial charge in [-0.3, -0.25) is 4.57 Å². The lowest BCUT2D eigenvalue weighted by molar-refractivity contribution is 0.205. The van der Waals surface area contributed by atoms with Gasteiger partial charge >= 0.3 is 7.60 Å². The summed E-state index contributed by atoms with van der Waals surface area (Å²) in [5.74, 6) is 1.55. The molecule has 4 nitrogen and oxygen atoms in total. The van der Waals surface area contributed by atoms with E-state index < -0.39 is 7.60 Å². The standard InChI is InChI=1S/C28H57O4P/c1-3-5-7-9-11-13-15-17-19-22-26-31-33(30,28-24-21-25-29)32-27-23-20-18-16-14-12-10-8-6-4-2/h24,28-29H,3-23,25-27H2,1-2H3/b28-24+. The van der Waals surface area contributed by atoms with E-state index in [2.05, 4.69) is 13.8 Å². The molecule has 0 bridgehead atoms. The third kappa shape index (κ3) is 24.8. The second-order valence-corrected chi connectivity index (χ2v) is 11.4. The first-order valence-corrected chi connectivity index (χ1v) is 16.0. The van der Waals surface area contributed by atoms with Gasteiger partial charge in [0.05, 0.1) is 13.2 Å². The molecule has 0 fully saturated rings. The molecule has 0 aromatic rings. The van der Waals surface area contributed by atoms with Crippen LogP contribution in [0.1, 0.15) is 149 Å². The summed E-state index contributed by atoms with van der Waals surface area (Å²) in [5, 5.41) is 8.99. The van der Waals surface area contributed by atoms with Crippen LogP contribution in [0.2, 0.25) is 0 Å². The summed E-state index contributed by atoms with van der Waals surface area (Å²) in [4.78, 5) is 0. The molecule has 0 saturated heterocycles. The van der Waals surface area contributed by atoms with Gasteiger partial charge in [0.2, 0.25) is 0 Å². The van der Waals surface area contributed by atoms with Crippen molar-refractivity contribution in [2.75, 3.05) is 19.8 Å². The molecule has 0 amide bonds. The molecule has 5 heteroatoms. The van der Waals surface area contributed by atoms with Crippen LogP contribution in [-0.2, 0) is 13.6 Å². The van der Waals surface area contributed by atoms with Crippen molar-refractivity contribution in [1.29, 1.82) is 0 Å². The lowest BCUT2D eigenvalue weighted by Gasteiger charge is -2.15. The second kappa shape index (κ2) is 26.5. The smallest absolute Gasteiger partial charge is 0.353 e. The van der Waals surface area contributed by atoms with E-state index in [4.69, 9.17) is 14.2 Å². The van der Waals surface area contributed by atoms with Crippen molar-refractivity contribution in [2.45, 2.75) is 149 Å². The highest BCUT2D eigenvalue weighted by molar-refractivity contribution is 7.57. The van der Waals surface area contributed by atoms with Crippen molar-refractivity contribution in [3.05, 3.63) is 11.9 Å². The lowest BCUT2D eigenvalue weighted by atomic mass is 10.1. The first-order valence-electron chi connectivity index (χ1n) is 14.4. The minimum Gasteiger partial charge on any atom is -0.396 e. The SMILES string of the molecule is CCCCCCCCCCCCOP(=O)(/C=C/CCO)OCCCCCCCCCCCC. The van der Waals surface area contributed by atoms with Gasteiger partial charge in [-0.25, -0.2) is 0 Å². The summed E-state index contributed by atoms with van der Waals surface area (Å²) in [5.41, 5.74) is 0. The average Bonchev–Trinajstić information content (AvgIpc) is 2.81. The Bertz CT molecular complexity index is 423. The normalized spacial score (nSPS) is 12.2. The van der Waals surface area contributed by atoms with E-state index in [1.165, 1.54) is 103 Å². The van der Waals surface area contributed by atoms with Crippen LogP contribution in [0.5, 0.6) is 0 Å². The van der Waals surface area contributed by atoms with E-state index in [1.807, 2.05) is 0 Å². The van der Waals surface area contributed by atoms with E-state index in [0.717, 1.165) is 25.7 Å². The van der Waals surface area contributed by atoms with E-state index in [-0.39, 0.29) is 6.61 Å². The van der Waals surface area contributed by atoms with Gasteiger partial charge < -0.3 is 14.2 Å². The molecule has 0 rings (SSSR count). The number of aliphatic hydroxyl groups is 1. The molecule has 0 heterocycles. The number of hydrogen-bond donors (Lipinski definition) is 1. The van der Waals surface area contributed by atoms with Crippen molar-refractivity contribution >= 4 is 7.60 Å². The first kappa shape index (κ1) is 32.8. The molecule has 0 atom stereocenters. The summed E-state index contributed by atoms with van der Waals surface area (Å²) in [7, 11) is -3.19. The van der Waals surface area contributed by atoms with Gasteiger partial charge in [-0.2, -0.15) is 0 Å². The van der Waals surface area contributed by atoms with E-state index in [1.54, 1.807) is 11.9 Å². The number of rotatable bonds is 27. The summed E-state index contributed by atoms with van der Waals surface area (Å²) >= 11 is 0. The van der Waals surface area contributed by atoms with Crippen molar-refractivity contribution in [2.24, 2.45) is 0 Å². The van der Waals surface area contributed by atoms with Gasteiger partial charge in [0, 0.05) is 12.4 Å². The predicted molar refractivity (Wildman–Crippen MR) is 144 cm³/mol. The van der Waals surface area contributed by atoms with Crippen molar-refractivity contribution < 1.29 is 18.7 Å². The third-order valence-electron chi connectivity index (χ3n) is 6.12. The van der Waals surface area contributed by atoms with Crippen molar-refractivity contribution in [1.82, 2.24) is 0 Å². The topological polar surface area (TPSA) is 55.8 Å². The molecule has 0 aromatic heterocycles. The molecule has 0 saturated carbocycles. The van der Waals surface area contributed by atoms with Gasteiger partial charge in [-0.1, -0.05) is 135 Å². The van der Waals surface area contributed by atoms with Crippen LogP contribution in [-0.4, -0.2) is 24.9 Å². The fourth-order valence-corrected chi connectivity index (χ4v) is 5.39. The quantitative estimate of drug-likeness (QED) is 0.0923. The Labute approximate surface area is 206 Å². The monoisotopic (exact) mass is 488 g/mol. The van der Waals surface area contributed by atoms with Crippen LogP contribution in [0.15, 0.2) is 11.9 Å². The average molecular weight is 489 g/mol. The fraction of sp³-hybridized carbons (Fsp3) is 0.929. The Hall–Kier alpha value is -0.150. The van der Waals surface area contributed by atoms with Gasteiger partial charge in [0.25, 0.3) is 0 Å². The summed E-state index contributed by atoms with van der Waals surface area (Å²) in [6.45, 7) is 5.52. The molecule has 33 heavy (non-hydrogen) atoms. The number of unbranched alkanes of at least 4 members (excludes halogenated alkanes) is 18. The lowest BCUT2D eigenvalue weighted by Crippen LogP contribution is -1.98. The fourth-order valence-electron chi connectivity index (χ4n) is 3.96. The van der Waals surface area contributed by atoms with Gasteiger partial charge in [-0.05, 0) is 19.3 Å². The Morgan fingerprint density at radius 2 is 0.909 bits per heavy atom. The van der Waals surface area contributed by atoms with Crippen LogP contribution >= 0.6 is 7.60 Å². The van der Waals surface area contributed by atoms with Crippen LogP contribution in [0.25, 0.3) is 0 Å². The summed E-state index contributed by atoms with van der Waals surface area (Å²) in [6, 6.07) is 0. The Balaban J connectivity index is 3.84. The second-order valence-electron chi connectivity index (χ2n) is 9.47. The molecule has 0 aliphatic rings. The molecule has 1 N–H and O–H groups in total. The highest BCUT2D eigenvalue weighted by atomic mass is 31.2. The zero-order valence-corrected chi connectivity index (χ0v) is 23.1. The summed E-state index contributed by atoms with van der Waals surface area (Å²) < 4.78 is 24.4. The maximum atomic E-state index is 13.0. The molecule has 0 unspecified atom stereocenters. The van der Waals surface area contributed by atoms with E-state index in [0.29, 0.717) is 19.6 Å². The molecular formula is C28H57O4P. The van der Waals surface area contributed by atoms with Gasteiger partial charge in [0.15, 0.2) is 0 Å². The van der Waals surface area contributed by atoms with Crippen LogP contribution in [0.4, 0.5) is 0 Å². The third-order valence-corrected chi connectivity index (χ3v) is 7.78. The summed E-state index contributed by atoms with van der Waals surface area (Å²) in [6.07, 6.45) is 27.5. The minimum atomic E-state index is -3.19. The van der Waals surface area contributed by atoms with Crippen LogP contribution in [0.3, 0.4) is 0 Å². The van der Waals surface area contributed by atoms with Gasteiger partial charge in [-0.15, -0.1) is 0 Å². The van der Waals surface area contributed by atoms with E-state index in [9.17, 15) is 4.57 Å². The predicted octanol–water partition coefficient (Wildman–Crippen LogP) is 9.95. The Kier molecular flexibility index (Phi) is 26.3. The van der Waals surface area contributed by atoms with Crippen LogP contribution in [0, 0.1) is 0 Å². The molecule has 0 aromatic carbocycles. The molecule has 0 aliphatic carbocycles. The molecule has 0 aliphatic heterocycles. The van der Waals surface area contributed by atoms with E-state index >= 15 is 0 Å². The van der Waals surface area contributed by atoms with Crippen molar-refractivity contribution in [3.63, 3.8) is 0 Å².